The van der Waals surface area contributed by atoms with Crippen LogP contribution in [0.2, 0.25) is 0 Å². The van der Waals surface area contributed by atoms with E-state index in [1.165, 1.54) is 5.56 Å². The standard InChI is InChI=1S/C22H28N2O2S/c1-4-20(22(26)23-3)24(16-18-8-6-5-7-9-18)21(25)14-15-27-19-12-10-17(2)11-13-19/h5-13,20H,4,14-16H2,1-3H3,(H,23,26)/t20-/m0/s1. The molecule has 2 amide bonds. The summed E-state index contributed by atoms with van der Waals surface area (Å²) in [6.07, 6.45) is 0.988. The Morgan fingerprint density at radius 2 is 1.74 bits per heavy atom. The topological polar surface area (TPSA) is 49.4 Å². The third-order valence-electron chi connectivity index (χ3n) is 4.43. The second-order valence-corrected chi connectivity index (χ2v) is 7.63. The minimum absolute atomic E-state index is 0.00825. The van der Waals surface area contributed by atoms with Crippen LogP contribution in [-0.4, -0.2) is 35.6 Å². The summed E-state index contributed by atoms with van der Waals surface area (Å²) in [5.74, 6) is 0.582. The SMILES string of the molecule is CC[C@@H](C(=O)NC)N(Cc1ccccc1)C(=O)CCSc1ccc(C)cc1. The molecule has 2 aromatic rings. The van der Waals surface area contributed by atoms with Gasteiger partial charge in [0, 0.05) is 30.7 Å². The molecule has 0 saturated heterocycles. The summed E-state index contributed by atoms with van der Waals surface area (Å²) in [5, 5.41) is 2.69. The van der Waals surface area contributed by atoms with Crippen molar-refractivity contribution in [3.8, 4) is 0 Å². The predicted octanol–water partition coefficient (Wildman–Crippen LogP) is 4.03. The van der Waals surface area contributed by atoms with Gasteiger partial charge in [-0.1, -0.05) is 55.0 Å². The zero-order valence-electron chi connectivity index (χ0n) is 16.3. The van der Waals surface area contributed by atoms with Crippen LogP contribution in [0.1, 0.15) is 30.9 Å². The monoisotopic (exact) mass is 384 g/mol. The molecule has 4 nitrogen and oxygen atoms in total. The number of thioether (sulfide) groups is 1. The molecule has 1 N–H and O–H groups in total. The van der Waals surface area contributed by atoms with Crippen molar-refractivity contribution in [2.75, 3.05) is 12.8 Å². The van der Waals surface area contributed by atoms with Crippen LogP contribution in [0.3, 0.4) is 0 Å². The van der Waals surface area contributed by atoms with E-state index in [-0.39, 0.29) is 11.8 Å². The van der Waals surface area contributed by atoms with Crippen molar-refractivity contribution in [3.05, 3.63) is 65.7 Å². The van der Waals surface area contributed by atoms with Crippen molar-refractivity contribution >= 4 is 23.6 Å². The predicted molar refractivity (Wildman–Crippen MR) is 112 cm³/mol. The Bertz CT molecular complexity index is 732. The fourth-order valence-corrected chi connectivity index (χ4v) is 3.74. The molecule has 5 heteroatoms. The summed E-state index contributed by atoms with van der Waals surface area (Å²) < 4.78 is 0. The van der Waals surface area contributed by atoms with Crippen LogP contribution in [0.15, 0.2) is 59.5 Å². The van der Waals surface area contributed by atoms with E-state index in [4.69, 9.17) is 0 Å². The zero-order valence-corrected chi connectivity index (χ0v) is 17.1. The lowest BCUT2D eigenvalue weighted by Crippen LogP contribution is -2.48. The molecule has 0 aliphatic heterocycles. The van der Waals surface area contributed by atoms with Crippen LogP contribution in [-0.2, 0) is 16.1 Å². The van der Waals surface area contributed by atoms with Gasteiger partial charge in [-0.25, -0.2) is 0 Å². The molecule has 2 rings (SSSR count). The van der Waals surface area contributed by atoms with E-state index in [1.807, 2.05) is 37.3 Å². The first-order valence-electron chi connectivity index (χ1n) is 9.29. The molecule has 27 heavy (non-hydrogen) atoms. The van der Waals surface area contributed by atoms with E-state index >= 15 is 0 Å². The van der Waals surface area contributed by atoms with Gasteiger partial charge in [-0.15, -0.1) is 11.8 Å². The van der Waals surface area contributed by atoms with Crippen molar-refractivity contribution in [1.29, 1.82) is 0 Å². The van der Waals surface area contributed by atoms with E-state index in [2.05, 4.69) is 36.5 Å². The second-order valence-electron chi connectivity index (χ2n) is 6.46. The molecule has 0 aliphatic rings. The molecule has 0 saturated carbocycles. The first-order valence-corrected chi connectivity index (χ1v) is 10.3. The number of hydrogen-bond acceptors (Lipinski definition) is 3. The molecule has 0 aliphatic carbocycles. The Kier molecular flexibility index (Phi) is 8.40. The van der Waals surface area contributed by atoms with Gasteiger partial charge >= 0.3 is 0 Å². The molecular weight excluding hydrogens is 356 g/mol. The van der Waals surface area contributed by atoms with Crippen molar-refractivity contribution in [2.45, 2.75) is 44.2 Å². The van der Waals surface area contributed by atoms with Gasteiger partial charge < -0.3 is 10.2 Å². The molecular formula is C22H28N2O2S. The summed E-state index contributed by atoms with van der Waals surface area (Å²) in [6.45, 7) is 4.44. The number of carbonyl (C=O) groups excluding carboxylic acids is 2. The first kappa shape index (κ1) is 21.0. The third-order valence-corrected chi connectivity index (χ3v) is 5.45. The molecule has 0 heterocycles. The second kappa shape index (κ2) is 10.8. The molecule has 0 aromatic heterocycles. The quantitative estimate of drug-likeness (QED) is 0.664. The fraction of sp³-hybridized carbons (Fsp3) is 0.364. The minimum atomic E-state index is -0.452. The number of carbonyl (C=O) groups is 2. The average Bonchev–Trinajstić information content (AvgIpc) is 2.69. The number of aryl methyl sites for hydroxylation is 1. The van der Waals surface area contributed by atoms with Gasteiger partial charge in [0.25, 0.3) is 0 Å². The maximum absolute atomic E-state index is 12.9. The molecule has 144 valence electrons. The van der Waals surface area contributed by atoms with E-state index in [0.717, 1.165) is 10.5 Å². The number of benzene rings is 2. The number of nitrogens with zero attached hydrogens (tertiary/aromatic N) is 1. The maximum Gasteiger partial charge on any atom is 0.242 e. The van der Waals surface area contributed by atoms with Crippen molar-refractivity contribution in [2.24, 2.45) is 0 Å². The fourth-order valence-electron chi connectivity index (χ4n) is 2.90. The highest BCUT2D eigenvalue weighted by Crippen LogP contribution is 2.21. The number of hydrogen-bond donors (Lipinski definition) is 1. The summed E-state index contributed by atoms with van der Waals surface area (Å²) in [7, 11) is 1.61. The van der Waals surface area contributed by atoms with E-state index in [1.54, 1.807) is 23.7 Å². The van der Waals surface area contributed by atoms with Crippen molar-refractivity contribution in [1.82, 2.24) is 10.2 Å². The third kappa shape index (κ3) is 6.43. The van der Waals surface area contributed by atoms with Gasteiger partial charge in [-0.3, -0.25) is 9.59 Å². The first-order chi connectivity index (χ1) is 13.0. The van der Waals surface area contributed by atoms with Gasteiger partial charge in [0.05, 0.1) is 0 Å². The Hall–Kier alpha value is -2.27. The number of amides is 2. The van der Waals surface area contributed by atoms with E-state index in [0.29, 0.717) is 25.1 Å². The van der Waals surface area contributed by atoms with Crippen LogP contribution in [0.4, 0.5) is 0 Å². The normalized spacial score (nSPS) is 11.7. The average molecular weight is 385 g/mol. The summed E-state index contributed by atoms with van der Waals surface area (Å²) in [6, 6.07) is 17.7. The molecule has 0 spiro atoms. The maximum atomic E-state index is 12.9. The van der Waals surface area contributed by atoms with E-state index < -0.39 is 6.04 Å². The Balaban J connectivity index is 2.05. The highest BCUT2D eigenvalue weighted by atomic mass is 32.2. The van der Waals surface area contributed by atoms with Crippen molar-refractivity contribution < 1.29 is 9.59 Å². The van der Waals surface area contributed by atoms with E-state index in [9.17, 15) is 9.59 Å². The lowest BCUT2D eigenvalue weighted by molar-refractivity contribution is -0.140. The molecule has 0 unspecified atom stereocenters. The van der Waals surface area contributed by atoms with Gasteiger partial charge in [0.1, 0.15) is 6.04 Å². The summed E-state index contributed by atoms with van der Waals surface area (Å²) >= 11 is 1.67. The molecule has 0 radical (unpaired) electrons. The van der Waals surface area contributed by atoms with Crippen LogP contribution in [0.5, 0.6) is 0 Å². The van der Waals surface area contributed by atoms with Crippen molar-refractivity contribution in [3.63, 3.8) is 0 Å². The highest BCUT2D eigenvalue weighted by Gasteiger charge is 2.27. The van der Waals surface area contributed by atoms with Crippen LogP contribution < -0.4 is 5.32 Å². The Morgan fingerprint density at radius 1 is 1.07 bits per heavy atom. The van der Waals surface area contributed by atoms with Crippen LogP contribution in [0.25, 0.3) is 0 Å². The molecule has 0 fully saturated rings. The Morgan fingerprint density at radius 3 is 2.33 bits per heavy atom. The minimum Gasteiger partial charge on any atom is -0.357 e. The van der Waals surface area contributed by atoms with Gasteiger partial charge in [-0.05, 0) is 31.0 Å². The zero-order chi connectivity index (χ0) is 19.6. The van der Waals surface area contributed by atoms with Crippen LogP contribution >= 0.6 is 11.8 Å². The molecule has 1 atom stereocenters. The van der Waals surface area contributed by atoms with Gasteiger partial charge in [0.15, 0.2) is 0 Å². The largest absolute Gasteiger partial charge is 0.357 e. The molecule has 0 bridgehead atoms. The Labute approximate surface area is 166 Å². The van der Waals surface area contributed by atoms with Gasteiger partial charge in [-0.2, -0.15) is 0 Å². The smallest absolute Gasteiger partial charge is 0.242 e. The summed E-state index contributed by atoms with van der Waals surface area (Å²) in [4.78, 5) is 28.1. The number of likely N-dealkylation sites (N-methyl/N-ethyl adjacent to an activating group) is 1. The number of rotatable bonds is 9. The number of nitrogens with one attached hydrogen (secondary N) is 1. The lowest BCUT2D eigenvalue weighted by Gasteiger charge is -2.30. The lowest BCUT2D eigenvalue weighted by atomic mass is 10.1. The molecule has 2 aromatic carbocycles. The highest BCUT2D eigenvalue weighted by molar-refractivity contribution is 7.99. The summed E-state index contributed by atoms with van der Waals surface area (Å²) in [5.41, 5.74) is 2.25. The van der Waals surface area contributed by atoms with Crippen LogP contribution in [0, 0.1) is 6.92 Å². The van der Waals surface area contributed by atoms with Gasteiger partial charge in [0.2, 0.25) is 11.8 Å².